The number of thioether (sulfide) groups is 1. The number of hydrogen-bond acceptors (Lipinski definition) is 6. The van der Waals surface area contributed by atoms with E-state index in [2.05, 4.69) is 5.32 Å². The number of nitrogens with one attached hydrogen (secondary N) is 1. The molecule has 1 fully saturated rings. The van der Waals surface area contributed by atoms with Crippen LogP contribution in [-0.4, -0.2) is 53.1 Å². The molecule has 0 saturated carbocycles. The minimum atomic E-state index is -4.51. The smallest absolute Gasteiger partial charge is 0.368 e. The molecule has 0 spiro atoms. The fourth-order valence-electron chi connectivity index (χ4n) is 3.75. The molecule has 174 valence electrons. The average Bonchev–Trinajstić information content (AvgIpc) is 2.78. The molecule has 0 aromatic heterocycles. The third-order valence-corrected chi connectivity index (χ3v) is 6.82. The molecule has 2 aromatic carbocycles. The maximum absolute atomic E-state index is 12.9. The van der Waals surface area contributed by atoms with Gasteiger partial charge in [-0.1, -0.05) is 0 Å². The van der Waals surface area contributed by atoms with Crippen LogP contribution in [0.2, 0.25) is 0 Å². The number of piperazine rings is 1. The first-order valence-electron chi connectivity index (χ1n) is 10.1. The summed E-state index contributed by atoms with van der Waals surface area (Å²) >= 11 is 1.09. The highest BCUT2D eigenvalue weighted by Crippen LogP contribution is 2.40. The molecule has 1 N–H and O–H groups in total. The molecule has 8 nitrogen and oxygen atoms in total. The third-order valence-electron chi connectivity index (χ3n) is 5.54. The average molecular weight is 480 g/mol. The molecule has 0 radical (unpaired) electrons. The Morgan fingerprint density at radius 1 is 1.12 bits per heavy atom. The van der Waals surface area contributed by atoms with E-state index < -0.39 is 27.8 Å². The van der Waals surface area contributed by atoms with Crippen molar-refractivity contribution in [1.29, 1.82) is 0 Å². The second kappa shape index (κ2) is 8.93. The molecule has 2 aliphatic rings. The summed E-state index contributed by atoms with van der Waals surface area (Å²) in [5, 5.41) is 12.5. The van der Waals surface area contributed by atoms with Gasteiger partial charge in [0, 0.05) is 55.3 Å². The monoisotopic (exact) mass is 480 g/mol. The van der Waals surface area contributed by atoms with Crippen molar-refractivity contribution in [2.75, 3.05) is 36.4 Å². The molecular formula is C21H19F3N4O4S. The van der Waals surface area contributed by atoms with E-state index in [9.17, 15) is 32.9 Å². The summed E-state index contributed by atoms with van der Waals surface area (Å²) in [6, 6.07) is 9.36. The maximum Gasteiger partial charge on any atom is 0.416 e. The number of nitro benzene ring substituents is 1. The molecule has 4 rings (SSSR count). The molecule has 0 bridgehead atoms. The van der Waals surface area contributed by atoms with Gasteiger partial charge in [-0.2, -0.15) is 13.2 Å². The molecule has 0 unspecified atom stereocenters. The summed E-state index contributed by atoms with van der Waals surface area (Å²) in [4.78, 5) is 39.7. The van der Waals surface area contributed by atoms with Gasteiger partial charge in [0.25, 0.3) is 5.69 Å². The molecular weight excluding hydrogens is 461 g/mol. The first-order chi connectivity index (χ1) is 15.6. The van der Waals surface area contributed by atoms with Crippen molar-refractivity contribution >= 4 is 40.6 Å². The van der Waals surface area contributed by atoms with Crippen LogP contribution >= 0.6 is 11.8 Å². The fraction of sp³-hybridized carbons (Fsp3) is 0.333. The zero-order chi connectivity index (χ0) is 23.8. The Morgan fingerprint density at radius 3 is 2.39 bits per heavy atom. The highest BCUT2D eigenvalue weighted by Gasteiger charge is 2.35. The van der Waals surface area contributed by atoms with Crippen LogP contribution in [0.5, 0.6) is 0 Å². The van der Waals surface area contributed by atoms with Crippen LogP contribution in [0.15, 0.2) is 47.4 Å². The van der Waals surface area contributed by atoms with E-state index in [1.165, 1.54) is 18.2 Å². The number of halogens is 3. The summed E-state index contributed by atoms with van der Waals surface area (Å²) < 4.78 is 38.7. The number of amides is 2. The van der Waals surface area contributed by atoms with Crippen molar-refractivity contribution in [3.63, 3.8) is 0 Å². The van der Waals surface area contributed by atoms with Gasteiger partial charge in [-0.25, -0.2) is 0 Å². The van der Waals surface area contributed by atoms with Gasteiger partial charge >= 0.3 is 6.18 Å². The largest absolute Gasteiger partial charge is 0.416 e. The lowest BCUT2D eigenvalue weighted by Crippen LogP contribution is -2.49. The number of nitrogens with zero attached hydrogens (tertiary/aromatic N) is 3. The first kappa shape index (κ1) is 22.9. The van der Waals surface area contributed by atoms with E-state index in [4.69, 9.17) is 0 Å². The number of alkyl halides is 3. The van der Waals surface area contributed by atoms with Crippen molar-refractivity contribution in [2.45, 2.75) is 22.7 Å². The Kier molecular flexibility index (Phi) is 6.19. The Balaban J connectivity index is 1.34. The van der Waals surface area contributed by atoms with E-state index in [0.717, 1.165) is 29.6 Å². The van der Waals surface area contributed by atoms with Crippen molar-refractivity contribution in [2.24, 2.45) is 0 Å². The molecule has 2 heterocycles. The Morgan fingerprint density at radius 2 is 1.79 bits per heavy atom. The molecule has 33 heavy (non-hydrogen) atoms. The lowest BCUT2D eigenvalue weighted by Gasteiger charge is -2.36. The van der Waals surface area contributed by atoms with E-state index in [1.54, 1.807) is 17.0 Å². The number of benzene rings is 2. The van der Waals surface area contributed by atoms with Crippen molar-refractivity contribution in [1.82, 2.24) is 4.90 Å². The zero-order valence-corrected chi connectivity index (χ0v) is 18.0. The molecule has 2 aromatic rings. The van der Waals surface area contributed by atoms with Gasteiger partial charge in [-0.15, -0.1) is 11.8 Å². The first-order valence-corrected chi connectivity index (χ1v) is 11.0. The normalized spacial score (nSPS) is 18.5. The van der Waals surface area contributed by atoms with Gasteiger partial charge in [-0.05, 0) is 30.3 Å². The minimum absolute atomic E-state index is 0.00651. The fourth-order valence-corrected chi connectivity index (χ4v) is 4.83. The molecule has 1 atom stereocenters. The summed E-state index contributed by atoms with van der Waals surface area (Å²) in [5.74, 6) is -0.703. The van der Waals surface area contributed by atoms with E-state index in [1.807, 2.05) is 4.90 Å². The molecule has 1 saturated heterocycles. The quantitative estimate of drug-likeness (QED) is 0.529. The van der Waals surface area contributed by atoms with Crippen molar-refractivity contribution in [3.8, 4) is 0 Å². The van der Waals surface area contributed by atoms with Crippen LogP contribution < -0.4 is 10.2 Å². The molecule has 12 heteroatoms. The SMILES string of the molecule is O=C1Nc2cc(C(F)(F)F)ccc2S[C@H]1CC(=O)N1CCN(c2ccc([N+](=O)[O-])cc2)CC1. The van der Waals surface area contributed by atoms with Crippen LogP contribution in [0, 0.1) is 10.1 Å². The van der Waals surface area contributed by atoms with Gasteiger partial charge in [-0.3, -0.25) is 19.7 Å². The third kappa shape index (κ3) is 5.05. The lowest BCUT2D eigenvalue weighted by atomic mass is 10.1. The minimum Gasteiger partial charge on any atom is -0.368 e. The van der Waals surface area contributed by atoms with Gasteiger partial charge in [0.2, 0.25) is 11.8 Å². The molecule has 2 aliphatic heterocycles. The van der Waals surface area contributed by atoms with Gasteiger partial charge in [0.05, 0.1) is 21.4 Å². The van der Waals surface area contributed by atoms with Gasteiger partial charge in [0.15, 0.2) is 0 Å². The second-order valence-electron chi connectivity index (χ2n) is 7.65. The molecule has 2 amide bonds. The number of non-ortho nitro benzene ring substituents is 1. The van der Waals surface area contributed by atoms with Gasteiger partial charge in [0.1, 0.15) is 0 Å². The van der Waals surface area contributed by atoms with Crippen LogP contribution in [0.25, 0.3) is 0 Å². The summed E-state index contributed by atoms with van der Waals surface area (Å²) in [5.41, 5.74) is 0.0829. The van der Waals surface area contributed by atoms with E-state index >= 15 is 0 Å². The summed E-state index contributed by atoms with van der Waals surface area (Å²) in [6.07, 6.45) is -4.57. The predicted octanol–water partition coefficient (Wildman–Crippen LogP) is 3.77. The highest BCUT2D eigenvalue weighted by molar-refractivity contribution is 8.01. The number of rotatable bonds is 4. The Hall–Kier alpha value is -3.28. The predicted molar refractivity (Wildman–Crippen MR) is 116 cm³/mol. The van der Waals surface area contributed by atoms with Crippen LogP contribution in [0.3, 0.4) is 0 Å². The Bertz CT molecular complexity index is 1090. The van der Waals surface area contributed by atoms with E-state index in [-0.39, 0.29) is 23.7 Å². The zero-order valence-electron chi connectivity index (χ0n) is 17.2. The number of anilines is 2. The number of hydrogen-bond donors (Lipinski definition) is 1. The highest BCUT2D eigenvalue weighted by atomic mass is 32.2. The van der Waals surface area contributed by atoms with Crippen molar-refractivity contribution < 1.29 is 27.7 Å². The second-order valence-corrected chi connectivity index (χ2v) is 8.89. The van der Waals surface area contributed by atoms with Crippen LogP contribution in [0.4, 0.5) is 30.2 Å². The molecule has 0 aliphatic carbocycles. The summed E-state index contributed by atoms with van der Waals surface area (Å²) in [7, 11) is 0. The van der Waals surface area contributed by atoms with E-state index in [0.29, 0.717) is 31.1 Å². The standard InChI is InChI=1S/C21H19F3N4O4S/c22-21(23,24)13-1-6-17-16(11-13)25-20(30)18(33-17)12-19(29)27-9-7-26(8-10-27)14-2-4-15(5-3-14)28(31)32/h1-6,11,18H,7-10,12H2,(H,25,30)/t18-/m0/s1. The van der Waals surface area contributed by atoms with Crippen LogP contribution in [-0.2, 0) is 15.8 Å². The maximum atomic E-state index is 12.9. The summed E-state index contributed by atoms with van der Waals surface area (Å²) in [6.45, 7) is 1.94. The van der Waals surface area contributed by atoms with Crippen LogP contribution in [0.1, 0.15) is 12.0 Å². The topological polar surface area (TPSA) is 95.8 Å². The number of nitro groups is 1. The number of fused-ring (bicyclic) bond motifs is 1. The van der Waals surface area contributed by atoms with Crippen molar-refractivity contribution in [3.05, 3.63) is 58.1 Å². The Labute approximate surface area is 190 Å². The number of carbonyl (C=O) groups excluding carboxylic acids is 2. The number of carbonyl (C=O) groups is 2. The van der Waals surface area contributed by atoms with Gasteiger partial charge < -0.3 is 15.1 Å². The lowest BCUT2D eigenvalue weighted by molar-refractivity contribution is -0.384.